The molecule has 103 valence electrons. The first-order chi connectivity index (χ1) is 9.09. The fourth-order valence-corrected chi connectivity index (χ4v) is 2.35. The van der Waals surface area contributed by atoms with Crippen molar-refractivity contribution in [3.05, 3.63) is 30.3 Å². The van der Waals surface area contributed by atoms with Gasteiger partial charge in [0, 0.05) is 31.7 Å². The van der Waals surface area contributed by atoms with Gasteiger partial charge in [0.15, 0.2) is 0 Å². The summed E-state index contributed by atoms with van der Waals surface area (Å²) in [5, 5.41) is 4.57. The van der Waals surface area contributed by atoms with E-state index in [-0.39, 0.29) is 18.0 Å². The molecule has 1 aromatic carbocycles. The predicted octanol–water partition coefficient (Wildman–Crippen LogP) is 1.55. The standard InChI is InChI=1S/C15H22N3O/c1-12(2)15(19)17(3)14-11-18(10-9-16-14)13-7-5-4-6-8-13/h4-8,12,14H,9-11H2,1-3H3. The highest BCUT2D eigenvalue weighted by Gasteiger charge is 2.27. The third-order valence-electron chi connectivity index (χ3n) is 3.50. The van der Waals surface area contributed by atoms with E-state index in [1.165, 1.54) is 5.69 Å². The van der Waals surface area contributed by atoms with Crippen molar-refractivity contribution in [1.82, 2.24) is 10.2 Å². The molecule has 4 heteroatoms. The maximum Gasteiger partial charge on any atom is 0.226 e. The molecule has 1 aromatic rings. The average molecular weight is 260 g/mol. The number of likely N-dealkylation sites (N-methyl/N-ethyl adjacent to an activating group) is 1. The average Bonchev–Trinajstić information content (AvgIpc) is 2.46. The summed E-state index contributed by atoms with van der Waals surface area (Å²) >= 11 is 0. The number of piperazine rings is 1. The maximum absolute atomic E-state index is 12.0. The number of anilines is 1. The molecule has 2 rings (SSSR count). The van der Waals surface area contributed by atoms with Crippen molar-refractivity contribution >= 4 is 11.6 Å². The van der Waals surface area contributed by atoms with Gasteiger partial charge in [0.05, 0.1) is 6.54 Å². The summed E-state index contributed by atoms with van der Waals surface area (Å²) in [5.41, 5.74) is 1.20. The van der Waals surface area contributed by atoms with E-state index in [1.54, 1.807) is 4.90 Å². The fraction of sp³-hybridized carbons (Fsp3) is 0.533. The zero-order valence-corrected chi connectivity index (χ0v) is 11.9. The molecule has 1 unspecified atom stereocenters. The first-order valence-corrected chi connectivity index (χ1v) is 6.83. The van der Waals surface area contributed by atoms with E-state index in [0.29, 0.717) is 0 Å². The Hall–Kier alpha value is -1.55. The van der Waals surface area contributed by atoms with Gasteiger partial charge >= 0.3 is 0 Å². The number of carbonyl (C=O) groups excluding carboxylic acids is 1. The summed E-state index contributed by atoms with van der Waals surface area (Å²) in [5.74, 6) is 0.177. The van der Waals surface area contributed by atoms with Crippen LogP contribution in [0.5, 0.6) is 0 Å². The van der Waals surface area contributed by atoms with Crippen LogP contribution in [0.2, 0.25) is 0 Å². The van der Waals surface area contributed by atoms with Crippen molar-refractivity contribution in [1.29, 1.82) is 0 Å². The summed E-state index contributed by atoms with van der Waals surface area (Å²) in [6.45, 7) is 6.33. The number of para-hydroxylation sites is 1. The normalized spacial score (nSPS) is 19.6. The summed E-state index contributed by atoms with van der Waals surface area (Å²) in [6.07, 6.45) is -0.0381. The minimum absolute atomic E-state index is 0.0206. The Morgan fingerprint density at radius 1 is 1.37 bits per heavy atom. The highest BCUT2D eigenvalue weighted by molar-refractivity contribution is 5.78. The van der Waals surface area contributed by atoms with Crippen molar-refractivity contribution in [3.63, 3.8) is 0 Å². The van der Waals surface area contributed by atoms with Crippen LogP contribution in [0.15, 0.2) is 30.3 Å². The summed E-state index contributed by atoms with van der Waals surface area (Å²) in [7, 11) is 1.85. The first-order valence-electron chi connectivity index (χ1n) is 6.83. The largest absolute Gasteiger partial charge is 0.367 e. The molecule has 0 N–H and O–H groups in total. The van der Waals surface area contributed by atoms with Gasteiger partial charge in [-0.15, -0.1) is 0 Å². The predicted molar refractivity (Wildman–Crippen MR) is 77.1 cm³/mol. The van der Waals surface area contributed by atoms with Crippen LogP contribution in [0.3, 0.4) is 0 Å². The van der Waals surface area contributed by atoms with Gasteiger partial charge in [-0.25, -0.2) is 5.32 Å². The number of hydrogen-bond acceptors (Lipinski definition) is 2. The molecule has 1 fully saturated rings. The third-order valence-corrected chi connectivity index (χ3v) is 3.50. The Balaban J connectivity index is 2.03. The molecule has 0 aliphatic carbocycles. The van der Waals surface area contributed by atoms with E-state index in [2.05, 4.69) is 22.3 Å². The molecular weight excluding hydrogens is 238 g/mol. The monoisotopic (exact) mass is 260 g/mol. The highest BCUT2D eigenvalue weighted by Crippen LogP contribution is 2.17. The van der Waals surface area contributed by atoms with Crippen molar-refractivity contribution in [2.75, 3.05) is 31.6 Å². The van der Waals surface area contributed by atoms with Crippen LogP contribution in [-0.2, 0) is 4.79 Å². The molecule has 1 aliphatic heterocycles. The number of benzene rings is 1. The number of nitrogens with zero attached hydrogens (tertiary/aromatic N) is 3. The Bertz CT molecular complexity index is 419. The van der Waals surface area contributed by atoms with Crippen LogP contribution in [0.4, 0.5) is 5.69 Å². The molecule has 1 amide bonds. The van der Waals surface area contributed by atoms with E-state index in [9.17, 15) is 4.79 Å². The summed E-state index contributed by atoms with van der Waals surface area (Å²) in [6, 6.07) is 10.3. The molecule has 0 bridgehead atoms. The Labute approximate surface area is 115 Å². The van der Waals surface area contributed by atoms with Crippen LogP contribution in [0.1, 0.15) is 13.8 Å². The summed E-state index contributed by atoms with van der Waals surface area (Å²) in [4.78, 5) is 16.1. The van der Waals surface area contributed by atoms with Crippen molar-refractivity contribution in [3.8, 4) is 0 Å². The van der Waals surface area contributed by atoms with Gasteiger partial charge in [-0.2, -0.15) is 0 Å². The Morgan fingerprint density at radius 2 is 2.05 bits per heavy atom. The van der Waals surface area contributed by atoms with E-state index in [0.717, 1.165) is 19.6 Å². The maximum atomic E-state index is 12.0. The minimum Gasteiger partial charge on any atom is -0.367 e. The van der Waals surface area contributed by atoms with Crippen LogP contribution in [0.25, 0.3) is 0 Å². The van der Waals surface area contributed by atoms with Gasteiger partial charge in [-0.3, -0.25) is 4.79 Å². The fourth-order valence-electron chi connectivity index (χ4n) is 2.35. The SMILES string of the molecule is CC(C)C(=O)N(C)C1CN(c2ccccc2)CC[N]1. The number of hydrogen-bond donors (Lipinski definition) is 0. The van der Waals surface area contributed by atoms with Crippen LogP contribution in [0, 0.1) is 5.92 Å². The zero-order chi connectivity index (χ0) is 13.8. The molecule has 19 heavy (non-hydrogen) atoms. The minimum atomic E-state index is -0.0381. The quantitative estimate of drug-likeness (QED) is 0.827. The van der Waals surface area contributed by atoms with Gasteiger partial charge in [-0.1, -0.05) is 32.0 Å². The topological polar surface area (TPSA) is 37.7 Å². The molecule has 1 radical (unpaired) electrons. The molecule has 1 heterocycles. The molecular formula is C15H22N3O. The molecule has 0 aromatic heterocycles. The zero-order valence-electron chi connectivity index (χ0n) is 11.9. The van der Waals surface area contributed by atoms with Crippen molar-refractivity contribution in [2.45, 2.75) is 20.0 Å². The van der Waals surface area contributed by atoms with Crippen LogP contribution in [-0.4, -0.2) is 43.7 Å². The Morgan fingerprint density at radius 3 is 2.68 bits per heavy atom. The molecule has 1 saturated heterocycles. The van der Waals surface area contributed by atoms with E-state index < -0.39 is 0 Å². The second-order valence-corrected chi connectivity index (χ2v) is 5.27. The van der Waals surface area contributed by atoms with Gasteiger partial charge in [-0.05, 0) is 12.1 Å². The lowest BCUT2D eigenvalue weighted by atomic mass is 10.1. The lowest BCUT2D eigenvalue weighted by Gasteiger charge is -2.38. The second-order valence-electron chi connectivity index (χ2n) is 5.27. The van der Waals surface area contributed by atoms with Crippen molar-refractivity contribution in [2.24, 2.45) is 5.92 Å². The van der Waals surface area contributed by atoms with E-state index in [4.69, 9.17) is 0 Å². The van der Waals surface area contributed by atoms with Crippen molar-refractivity contribution < 1.29 is 4.79 Å². The highest BCUT2D eigenvalue weighted by atomic mass is 16.2. The van der Waals surface area contributed by atoms with Crippen LogP contribution >= 0.6 is 0 Å². The third kappa shape index (κ3) is 3.26. The number of rotatable bonds is 3. The smallest absolute Gasteiger partial charge is 0.226 e. The van der Waals surface area contributed by atoms with Gasteiger partial charge < -0.3 is 9.80 Å². The van der Waals surface area contributed by atoms with E-state index >= 15 is 0 Å². The molecule has 0 saturated carbocycles. The van der Waals surface area contributed by atoms with Gasteiger partial charge in [0.25, 0.3) is 0 Å². The number of carbonyl (C=O) groups is 1. The Kier molecular flexibility index (Phi) is 4.43. The van der Waals surface area contributed by atoms with E-state index in [1.807, 2.05) is 39.1 Å². The van der Waals surface area contributed by atoms with Gasteiger partial charge in [0.2, 0.25) is 5.91 Å². The number of amides is 1. The molecule has 0 spiro atoms. The molecule has 4 nitrogen and oxygen atoms in total. The first kappa shape index (κ1) is 13.9. The lowest BCUT2D eigenvalue weighted by Crippen LogP contribution is -2.56. The van der Waals surface area contributed by atoms with Crippen LogP contribution < -0.4 is 10.2 Å². The lowest BCUT2D eigenvalue weighted by molar-refractivity contribution is -0.135. The molecule has 1 atom stereocenters. The second kappa shape index (κ2) is 6.06. The summed E-state index contributed by atoms with van der Waals surface area (Å²) < 4.78 is 0. The van der Waals surface area contributed by atoms with Gasteiger partial charge in [0.1, 0.15) is 6.17 Å². The molecule has 1 aliphatic rings.